The Labute approximate surface area is 141 Å². The number of hydrogen-bond donors (Lipinski definition) is 1. The minimum Gasteiger partial charge on any atom is -0.478 e. The van der Waals surface area contributed by atoms with Crippen LogP contribution in [0.25, 0.3) is 6.08 Å². The molecule has 0 atom stereocenters. The highest BCUT2D eigenvalue weighted by Gasteiger charge is 2.32. The zero-order valence-electron chi connectivity index (χ0n) is 11.8. The molecule has 0 spiro atoms. The Morgan fingerprint density at radius 1 is 1.30 bits per heavy atom. The number of nitrogens with zero attached hydrogens (tertiary/aromatic N) is 1. The summed E-state index contributed by atoms with van der Waals surface area (Å²) >= 11 is 6.47. The third-order valence-electron chi connectivity index (χ3n) is 3.22. The number of carboxylic acid groups (broad SMARTS) is 1. The quantitative estimate of drug-likeness (QED) is 0.677. The summed E-state index contributed by atoms with van der Waals surface area (Å²) in [6.07, 6.45) is 3.25. The lowest BCUT2D eigenvalue weighted by molar-refractivity contribution is -0.122. The van der Waals surface area contributed by atoms with Crippen LogP contribution in [0.3, 0.4) is 0 Å². The van der Waals surface area contributed by atoms with Gasteiger partial charge in [0.15, 0.2) is 0 Å². The molecular weight excluding hydrogens is 334 g/mol. The first-order valence-electron chi connectivity index (χ1n) is 6.66. The molecule has 0 unspecified atom stereocenters. The molecule has 1 amide bonds. The number of hydrogen-bond acceptors (Lipinski definition) is 5. The van der Waals surface area contributed by atoms with Gasteiger partial charge < -0.3 is 9.52 Å². The van der Waals surface area contributed by atoms with Gasteiger partial charge in [0.2, 0.25) is 0 Å². The Morgan fingerprint density at radius 3 is 2.65 bits per heavy atom. The topological polar surface area (TPSA) is 70.8 Å². The summed E-state index contributed by atoms with van der Waals surface area (Å²) in [5, 5.41) is 8.89. The van der Waals surface area contributed by atoms with Gasteiger partial charge in [0, 0.05) is 0 Å². The lowest BCUT2D eigenvalue weighted by Gasteiger charge is -2.11. The molecule has 3 rings (SSSR count). The van der Waals surface area contributed by atoms with Crippen molar-refractivity contribution in [2.75, 3.05) is 0 Å². The number of carboxylic acids is 1. The molecular formula is C16H11NO4S2. The van der Waals surface area contributed by atoms with E-state index in [4.69, 9.17) is 21.7 Å². The predicted molar refractivity (Wildman–Crippen MR) is 90.8 cm³/mol. The van der Waals surface area contributed by atoms with Crippen LogP contribution in [0.4, 0.5) is 0 Å². The van der Waals surface area contributed by atoms with Crippen LogP contribution in [0.1, 0.15) is 21.7 Å². The summed E-state index contributed by atoms with van der Waals surface area (Å²) in [7, 11) is 0. The van der Waals surface area contributed by atoms with Crippen LogP contribution < -0.4 is 0 Å². The lowest BCUT2D eigenvalue weighted by Crippen LogP contribution is -2.27. The van der Waals surface area contributed by atoms with Crippen LogP contribution >= 0.6 is 24.0 Å². The molecule has 0 saturated carbocycles. The van der Waals surface area contributed by atoms with Crippen LogP contribution in [0.5, 0.6) is 0 Å². The zero-order valence-corrected chi connectivity index (χ0v) is 13.4. The molecule has 0 bridgehead atoms. The summed E-state index contributed by atoms with van der Waals surface area (Å²) < 4.78 is 5.72. The number of thiocarbonyl (C=S) groups is 1. The minimum atomic E-state index is -0.985. The molecule has 7 heteroatoms. The van der Waals surface area contributed by atoms with Crippen LogP contribution in [-0.2, 0) is 11.3 Å². The predicted octanol–water partition coefficient (Wildman–Crippen LogP) is 3.38. The standard InChI is InChI=1S/C16H11NO4S2/c18-14-13(8-10-3-5-11(6-4-10)15(19)20)23-16(22)17(14)9-12-2-1-7-21-12/h1-8H,9H2,(H,19,20)/b13-8+. The largest absolute Gasteiger partial charge is 0.478 e. The van der Waals surface area contributed by atoms with E-state index < -0.39 is 5.97 Å². The molecule has 5 nitrogen and oxygen atoms in total. The molecule has 2 heterocycles. The zero-order chi connectivity index (χ0) is 16.4. The van der Waals surface area contributed by atoms with Crippen molar-refractivity contribution in [3.8, 4) is 0 Å². The molecule has 23 heavy (non-hydrogen) atoms. The molecule has 2 aromatic rings. The van der Waals surface area contributed by atoms with Crippen LogP contribution in [0.2, 0.25) is 0 Å². The Bertz CT molecular complexity index is 794. The summed E-state index contributed by atoms with van der Waals surface area (Å²) in [6.45, 7) is 0.299. The second-order valence-corrected chi connectivity index (χ2v) is 6.45. The fraction of sp³-hybridized carbons (Fsp3) is 0.0625. The summed E-state index contributed by atoms with van der Waals surface area (Å²) in [4.78, 5) is 25.3. The van der Waals surface area contributed by atoms with Gasteiger partial charge >= 0.3 is 5.97 Å². The second kappa shape index (κ2) is 6.39. The monoisotopic (exact) mass is 345 g/mol. The third kappa shape index (κ3) is 3.35. The van der Waals surface area contributed by atoms with Crippen molar-refractivity contribution in [2.45, 2.75) is 6.54 Å². The highest BCUT2D eigenvalue weighted by Crippen LogP contribution is 2.33. The van der Waals surface area contributed by atoms with Gasteiger partial charge in [-0.25, -0.2) is 4.79 Å². The van der Waals surface area contributed by atoms with Crippen LogP contribution in [0.15, 0.2) is 52.0 Å². The molecule has 1 aliphatic heterocycles. The van der Waals surface area contributed by atoms with Gasteiger partial charge in [-0.1, -0.05) is 36.1 Å². The van der Waals surface area contributed by atoms with Crippen molar-refractivity contribution in [1.82, 2.24) is 4.90 Å². The number of carbonyl (C=O) groups is 2. The molecule has 116 valence electrons. The number of aromatic carboxylic acids is 1. The number of amides is 1. The molecule has 1 N–H and O–H groups in total. The Balaban J connectivity index is 1.79. The van der Waals surface area contributed by atoms with Crippen LogP contribution in [-0.4, -0.2) is 26.2 Å². The van der Waals surface area contributed by atoms with Crippen molar-refractivity contribution in [2.24, 2.45) is 0 Å². The van der Waals surface area contributed by atoms with E-state index >= 15 is 0 Å². The Hall–Kier alpha value is -2.38. The molecule has 1 aromatic heterocycles. The van der Waals surface area contributed by atoms with E-state index in [9.17, 15) is 9.59 Å². The normalized spacial score (nSPS) is 16.3. The maximum Gasteiger partial charge on any atom is 0.335 e. The van der Waals surface area contributed by atoms with Gasteiger partial charge in [0.25, 0.3) is 5.91 Å². The fourth-order valence-electron chi connectivity index (χ4n) is 2.07. The average Bonchev–Trinajstić information content (AvgIpc) is 3.12. The smallest absolute Gasteiger partial charge is 0.335 e. The Kier molecular flexibility index (Phi) is 4.31. The van der Waals surface area contributed by atoms with Gasteiger partial charge in [0.05, 0.1) is 23.3 Å². The molecule has 1 aliphatic rings. The highest BCUT2D eigenvalue weighted by molar-refractivity contribution is 8.26. The molecule has 0 aliphatic carbocycles. The van der Waals surface area contributed by atoms with Crippen molar-refractivity contribution in [1.29, 1.82) is 0 Å². The highest BCUT2D eigenvalue weighted by atomic mass is 32.2. The molecule has 1 aromatic carbocycles. The van der Waals surface area contributed by atoms with Crippen LogP contribution in [0, 0.1) is 0 Å². The van der Waals surface area contributed by atoms with Gasteiger partial charge in [-0.3, -0.25) is 9.69 Å². The first-order valence-corrected chi connectivity index (χ1v) is 7.88. The first-order chi connectivity index (χ1) is 11.0. The van der Waals surface area contributed by atoms with E-state index in [1.165, 1.54) is 28.8 Å². The minimum absolute atomic E-state index is 0.182. The van der Waals surface area contributed by atoms with Gasteiger partial charge in [-0.15, -0.1) is 0 Å². The lowest BCUT2D eigenvalue weighted by atomic mass is 10.1. The number of rotatable bonds is 4. The maximum absolute atomic E-state index is 12.4. The van der Waals surface area contributed by atoms with E-state index in [2.05, 4.69) is 0 Å². The van der Waals surface area contributed by atoms with E-state index in [0.717, 1.165) is 5.56 Å². The van der Waals surface area contributed by atoms with E-state index in [1.54, 1.807) is 36.6 Å². The van der Waals surface area contributed by atoms with E-state index in [0.29, 0.717) is 21.5 Å². The Morgan fingerprint density at radius 2 is 2.04 bits per heavy atom. The molecule has 1 saturated heterocycles. The van der Waals surface area contributed by atoms with Gasteiger partial charge in [-0.2, -0.15) is 0 Å². The third-order valence-corrected chi connectivity index (χ3v) is 4.60. The number of benzene rings is 1. The number of carbonyl (C=O) groups excluding carboxylic acids is 1. The summed E-state index contributed by atoms with van der Waals surface area (Å²) in [6, 6.07) is 9.85. The van der Waals surface area contributed by atoms with Gasteiger partial charge in [-0.05, 0) is 35.9 Å². The second-order valence-electron chi connectivity index (χ2n) is 4.77. The van der Waals surface area contributed by atoms with Crippen molar-refractivity contribution in [3.05, 3.63) is 64.5 Å². The van der Waals surface area contributed by atoms with Crippen molar-refractivity contribution in [3.63, 3.8) is 0 Å². The fourth-order valence-corrected chi connectivity index (χ4v) is 3.32. The van der Waals surface area contributed by atoms with E-state index in [-0.39, 0.29) is 11.5 Å². The molecule has 1 fully saturated rings. The van der Waals surface area contributed by atoms with Crippen molar-refractivity contribution >= 4 is 46.3 Å². The van der Waals surface area contributed by atoms with E-state index in [1.807, 2.05) is 0 Å². The number of furan rings is 1. The molecule has 0 radical (unpaired) electrons. The first kappa shape index (κ1) is 15.5. The SMILES string of the molecule is O=C(O)c1ccc(/C=C2/SC(=S)N(Cc3ccco3)C2=O)cc1. The maximum atomic E-state index is 12.4. The van der Waals surface area contributed by atoms with Crippen molar-refractivity contribution < 1.29 is 19.1 Å². The van der Waals surface area contributed by atoms with Gasteiger partial charge in [0.1, 0.15) is 10.1 Å². The summed E-state index contributed by atoms with van der Waals surface area (Å²) in [5.74, 6) is -0.506. The summed E-state index contributed by atoms with van der Waals surface area (Å²) in [5.41, 5.74) is 0.945. The number of thioether (sulfide) groups is 1. The average molecular weight is 345 g/mol.